The highest BCUT2D eigenvalue weighted by Crippen LogP contribution is 2.47. The van der Waals surface area contributed by atoms with Crippen LogP contribution in [0.5, 0.6) is 0 Å². The predicted octanol–water partition coefficient (Wildman–Crippen LogP) is -0.301. The van der Waals surface area contributed by atoms with E-state index in [1.165, 1.54) is 35.3 Å². The number of methoxy groups -OCH3 is 1. The van der Waals surface area contributed by atoms with Gasteiger partial charge in [-0.15, -0.1) is 16.9 Å². The second kappa shape index (κ2) is 9.97. The van der Waals surface area contributed by atoms with Gasteiger partial charge in [0.25, 0.3) is 17.5 Å². The Hall–Kier alpha value is -3.12. The van der Waals surface area contributed by atoms with E-state index in [4.69, 9.17) is 4.74 Å². The van der Waals surface area contributed by atoms with Crippen LogP contribution in [0.25, 0.3) is 11.0 Å². The van der Waals surface area contributed by atoms with Gasteiger partial charge in [-0.05, 0) is 28.1 Å². The summed E-state index contributed by atoms with van der Waals surface area (Å²) in [5.41, 5.74) is -0.144. The van der Waals surface area contributed by atoms with Crippen LogP contribution in [0.2, 0.25) is 0 Å². The molecule has 3 atom stereocenters. The number of carboxylic acid groups (broad SMARTS) is 1. The quantitative estimate of drug-likeness (QED) is 0.133. The molecule has 1 unspecified atom stereocenters. The highest BCUT2D eigenvalue weighted by atomic mass is 32.2. The minimum Gasteiger partial charge on any atom is -0.609 e. The number of carboxylic acids is 1. The van der Waals surface area contributed by atoms with Crippen molar-refractivity contribution >= 4 is 63.5 Å². The number of tetrazole rings is 1. The average Bonchev–Trinajstić information content (AvgIpc) is 3.50. The van der Waals surface area contributed by atoms with E-state index >= 15 is 0 Å². The van der Waals surface area contributed by atoms with Crippen molar-refractivity contribution < 1.29 is 28.8 Å². The Morgan fingerprint density at radius 2 is 2.22 bits per heavy atom. The maximum Gasteiger partial charge on any atom is 0.352 e. The number of nitrogens with one attached hydrogen (secondary N) is 2. The standard InChI is InChI=1S/C20H20N8O6S3/c1-27-19(24-25-26-27)36-8-10-7-35-17-20(34-2,16(32)28(17)14(10)15(30)31)23-13(29)9-37(33)18-21-11-5-3-4-6-12(11)22-18/h3-6,17H,7-9H2,1-2H3,(H,21,22)(H,23,29)(H,30,31)/t17-,20-,37?/m0/s1. The molecular weight excluding hydrogens is 544 g/mol. The lowest BCUT2D eigenvalue weighted by molar-refractivity contribution is -0.192. The van der Waals surface area contributed by atoms with Crippen molar-refractivity contribution in [3.8, 4) is 0 Å². The van der Waals surface area contributed by atoms with Crippen LogP contribution in [0.1, 0.15) is 0 Å². The lowest BCUT2D eigenvalue weighted by Crippen LogP contribution is -2.81. The van der Waals surface area contributed by atoms with Gasteiger partial charge in [-0.1, -0.05) is 23.9 Å². The highest BCUT2D eigenvalue weighted by molar-refractivity contribution is 8.01. The summed E-state index contributed by atoms with van der Waals surface area (Å²) in [4.78, 5) is 46.5. The molecule has 14 nitrogen and oxygen atoms in total. The largest absolute Gasteiger partial charge is 0.609 e. The summed E-state index contributed by atoms with van der Waals surface area (Å²) in [6.45, 7) is 0. The molecule has 17 heteroatoms. The first kappa shape index (κ1) is 25.5. The highest BCUT2D eigenvalue weighted by Gasteiger charge is 2.66. The van der Waals surface area contributed by atoms with E-state index in [1.807, 2.05) is 0 Å². The Morgan fingerprint density at radius 3 is 2.89 bits per heavy atom. The first-order valence-corrected chi connectivity index (χ1v) is 14.1. The molecule has 5 rings (SSSR count). The fourth-order valence-electron chi connectivity index (χ4n) is 4.02. The molecule has 0 bridgehead atoms. The third-order valence-corrected chi connectivity index (χ3v) is 9.38. The number of hydrogen-bond acceptors (Lipinski definition) is 11. The minimum atomic E-state index is -1.81. The lowest BCUT2D eigenvalue weighted by Gasteiger charge is -2.55. The van der Waals surface area contributed by atoms with Crippen LogP contribution in [0.15, 0.2) is 45.8 Å². The van der Waals surface area contributed by atoms with Gasteiger partial charge in [0.1, 0.15) is 11.1 Å². The maximum atomic E-state index is 13.2. The Kier molecular flexibility index (Phi) is 6.88. The number of amides is 2. The Balaban J connectivity index is 1.30. The van der Waals surface area contributed by atoms with Crippen LogP contribution in [0.3, 0.4) is 0 Å². The molecular formula is C20H20N8O6S3. The molecule has 2 aliphatic rings. The van der Waals surface area contributed by atoms with Crippen LogP contribution in [-0.4, -0.2) is 98.0 Å². The van der Waals surface area contributed by atoms with Gasteiger partial charge < -0.3 is 19.7 Å². The van der Waals surface area contributed by atoms with Crippen molar-refractivity contribution in [2.24, 2.45) is 7.05 Å². The topological polar surface area (TPSA) is 191 Å². The number of ether oxygens (including phenoxy) is 1. The Labute approximate surface area is 220 Å². The number of β-lactam (4-membered cyclic amide) rings is 1. The maximum absolute atomic E-state index is 13.2. The van der Waals surface area contributed by atoms with E-state index in [9.17, 15) is 24.0 Å². The van der Waals surface area contributed by atoms with Crippen LogP contribution < -0.4 is 5.32 Å². The molecule has 2 aromatic heterocycles. The minimum absolute atomic E-state index is 0.132. The van der Waals surface area contributed by atoms with Crippen LogP contribution in [0, 0.1) is 0 Å². The number of hydrogen-bond donors (Lipinski definition) is 3. The van der Waals surface area contributed by atoms with E-state index < -0.39 is 45.8 Å². The fraction of sp³-hybridized carbons (Fsp3) is 0.350. The summed E-state index contributed by atoms with van der Waals surface area (Å²) in [6, 6.07) is 7.11. The fourth-order valence-corrected chi connectivity index (χ4v) is 7.32. The van der Waals surface area contributed by atoms with Gasteiger partial charge in [0.2, 0.25) is 5.16 Å². The Bertz CT molecular complexity index is 1390. The van der Waals surface area contributed by atoms with E-state index in [0.29, 0.717) is 21.8 Å². The summed E-state index contributed by atoms with van der Waals surface area (Å²) < 4.78 is 19.7. The number of thioether (sulfide) groups is 2. The molecule has 0 saturated carbocycles. The number of carbonyl (C=O) groups is 3. The van der Waals surface area contributed by atoms with Gasteiger partial charge in [-0.25, -0.2) is 9.48 Å². The van der Waals surface area contributed by atoms with Crippen molar-refractivity contribution in [3.05, 3.63) is 35.5 Å². The summed E-state index contributed by atoms with van der Waals surface area (Å²) in [5.74, 6) is -2.64. The molecule has 0 radical (unpaired) electrons. The molecule has 0 aliphatic carbocycles. The first-order chi connectivity index (χ1) is 17.7. The smallest absolute Gasteiger partial charge is 0.352 e. The number of benzene rings is 1. The molecule has 1 saturated heterocycles. The number of aromatic amines is 1. The van der Waals surface area contributed by atoms with Gasteiger partial charge in [-0.2, -0.15) is 4.98 Å². The van der Waals surface area contributed by atoms with Gasteiger partial charge >= 0.3 is 11.1 Å². The number of aromatic nitrogens is 6. The molecule has 2 aliphatic heterocycles. The van der Waals surface area contributed by atoms with Gasteiger partial charge in [0.15, 0.2) is 5.75 Å². The van der Waals surface area contributed by atoms with Gasteiger partial charge in [-0.3, -0.25) is 19.5 Å². The molecule has 3 N–H and O–H groups in total. The SMILES string of the molecule is CO[C@@]1(NC(=O)C[S+]([O-])c2nc3ccccc3[nH]2)C(=O)N2C(C(=O)O)=C(CSc3nnnn3C)CS[C@H]21. The van der Waals surface area contributed by atoms with Crippen LogP contribution in [0.4, 0.5) is 0 Å². The molecule has 1 fully saturated rings. The number of H-pyrrole nitrogens is 1. The van der Waals surface area contributed by atoms with Crippen molar-refractivity contribution in [2.75, 3.05) is 24.4 Å². The van der Waals surface area contributed by atoms with Gasteiger partial charge in [0.05, 0.1) is 11.0 Å². The van der Waals surface area contributed by atoms with Crippen molar-refractivity contribution in [1.82, 2.24) is 40.4 Å². The second-order valence-electron chi connectivity index (χ2n) is 8.01. The monoisotopic (exact) mass is 564 g/mol. The van der Waals surface area contributed by atoms with Crippen molar-refractivity contribution in [1.29, 1.82) is 0 Å². The van der Waals surface area contributed by atoms with Crippen molar-refractivity contribution in [3.63, 3.8) is 0 Å². The van der Waals surface area contributed by atoms with E-state index in [1.54, 1.807) is 31.3 Å². The molecule has 3 aromatic rings. The Morgan fingerprint density at radius 1 is 1.43 bits per heavy atom. The number of nitrogens with zero attached hydrogens (tertiary/aromatic N) is 6. The first-order valence-electron chi connectivity index (χ1n) is 10.7. The van der Waals surface area contributed by atoms with Crippen LogP contribution >= 0.6 is 23.5 Å². The molecule has 4 heterocycles. The van der Waals surface area contributed by atoms with Gasteiger partial charge in [0, 0.05) is 36.8 Å². The summed E-state index contributed by atoms with van der Waals surface area (Å²) >= 11 is 0.689. The normalized spacial score (nSPS) is 22.1. The number of aryl methyl sites for hydroxylation is 1. The zero-order valence-corrected chi connectivity index (χ0v) is 21.9. The van der Waals surface area contributed by atoms with E-state index in [2.05, 4.69) is 30.8 Å². The number of rotatable bonds is 9. The third kappa shape index (κ3) is 4.46. The van der Waals surface area contributed by atoms with Crippen molar-refractivity contribution in [2.45, 2.75) is 21.4 Å². The molecule has 0 spiro atoms. The summed E-state index contributed by atoms with van der Waals surface area (Å²) in [5, 5.41) is 23.4. The molecule has 37 heavy (non-hydrogen) atoms. The number of carbonyl (C=O) groups excluding carboxylic acids is 2. The predicted molar refractivity (Wildman–Crippen MR) is 133 cm³/mol. The molecule has 2 amide bonds. The number of para-hydroxylation sites is 2. The summed E-state index contributed by atoms with van der Waals surface area (Å²) in [6.07, 6.45) is 0. The third-order valence-electron chi connectivity index (χ3n) is 5.76. The lowest BCUT2D eigenvalue weighted by atomic mass is 9.98. The number of fused-ring (bicyclic) bond motifs is 2. The zero-order chi connectivity index (χ0) is 26.3. The van der Waals surface area contributed by atoms with E-state index in [-0.39, 0.29) is 22.4 Å². The molecule has 1 aromatic carbocycles. The molecule has 194 valence electrons. The summed E-state index contributed by atoms with van der Waals surface area (Å²) in [7, 11) is 2.92. The number of imidazole rings is 1. The number of aliphatic carboxylic acids is 1. The second-order valence-corrected chi connectivity index (χ2v) is 11.4. The van der Waals surface area contributed by atoms with E-state index in [0.717, 1.165) is 4.90 Å². The zero-order valence-electron chi connectivity index (χ0n) is 19.4. The van der Waals surface area contributed by atoms with Crippen LogP contribution in [-0.2, 0) is 37.3 Å². The average molecular weight is 565 g/mol.